The van der Waals surface area contributed by atoms with Gasteiger partial charge in [-0.1, -0.05) is 12.5 Å². The summed E-state index contributed by atoms with van der Waals surface area (Å²) >= 11 is 0. The number of amides is 1. The summed E-state index contributed by atoms with van der Waals surface area (Å²) in [5, 5.41) is 3.12. The summed E-state index contributed by atoms with van der Waals surface area (Å²) in [6, 6.07) is 4.01. The predicted octanol–water partition coefficient (Wildman–Crippen LogP) is 2.09. The molecule has 2 atom stereocenters. The fourth-order valence-corrected chi connectivity index (χ4v) is 3.85. The first-order chi connectivity index (χ1) is 11.7. The molecule has 0 radical (unpaired) electrons. The quantitative estimate of drug-likeness (QED) is 0.733. The number of likely N-dealkylation sites (N-methyl/N-ethyl adjacent to an activating group) is 1. The van der Waals surface area contributed by atoms with E-state index >= 15 is 0 Å². The smallest absolute Gasteiger partial charge is 0.223 e. The van der Waals surface area contributed by atoms with Crippen LogP contribution in [0.3, 0.4) is 0 Å². The van der Waals surface area contributed by atoms with Gasteiger partial charge in [-0.25, -0.2) is 4.98 Å². The van der Waals surface area contributed by atoms with Crippen molar-refractivity contribution in [2.45, 2.75) is 25.8 Å². The van der Waals surface area contributed by atoms with Crippen LogP contribution in [0.5, 0.6) is 0 Å². The Hall–Kier alpha value is -0.790. The van der Waals surface area contributed by atoms with E-state index in [1.54, 1.807) is 0 Å². The molecule has 1 amide bonds. The molecule has 1 aromatic heterocycles. The Morgan fingerprint density at radius 1 is 1.22 bits per heavy atom. The number of halogens is 3. The number of hydrogen-bond donors (Lipinski definition) is 2. The maximum Gasteiger partial charge on any atom is 0.223 e. The van der Waals surface area contributed by atoms with Gasteiger partial charge in [-0.2, -0.15) is 0 Å². The van der Waals surface area contributed by atoms with Crippen LogP contribution in [0.4, 0.5) is 5.82 Å². The SMILES string of the molecule is CN1CCN(c2ncccc2CNC(=O)[C@@H]2CCC[C@@H]2CN)CC1.Cl.Cl.Cl. The number of nitrogens with zero attached hydrogens (tertiary/aromatic N) is 3. The number of aromatic nitrogens is 1. The van der Waals surface area contributed by atoms with Crippen molar-refractivity contribution >= 4 is 48.9 Å². The van der Waals surface area contributed by atoms with Crippen molar-refractivity contribution in [3.05, 3.63) is 23.9 Å². The molecule has 1 saturated heterocycles. The van der Waals surface area contributed by atoms with Crippen molar-refractivity contribution < 1.29 is 4.79 Å². The molecule has 156 valence electrons. The molecule has 2 aliphatic rings. The van der Waals surface area contributed by atoms with Crippen LogP contribution < -0.4 is 16.0 Å². The second-order valence-corrected chi connectivity index (χ2v) is 7.03. The molecule has 0 spiro atoms. The van der Waals surface area contributed by atoms with Crippen LogP contribution in [0.1, 0.15) is 24.8 Å². The number of rotatable bonds is 5. The molecule has 2 heterocycles. The summed E-state index contributed by atoms with van der Waals surface area (Å²) in [6.07, 6.45) is 4.99. The lowest BCUT2D eigenvalue weighted by molar-refractivity contribution is -0.126. The molecule has 9 heteroatoms. The minimum atomic E-state index is 0. The van der Waals surface area contributed by atoms with Gasteiger partial charge >= 0.3 is 0 Å². The molecule has 27 heavy (non-hydrogen) atoms. The molecule has 3 rings (SSSR count). The van der Waals surface area contributed by atoms with Gasteiger partial charge < -0.3 is 20.9 Å². The highest BCUT2D eigenvalue weighted by Crippen LogP contribution is 2.31. The Morgan fingerprint density at radius 3 is 2.59 bits per heavy atom. The van der Waals surface area contributed by atoms with Crippen LogP contribution in [0.15, 0.2) is 18.3 Å². The van der Waals surface area contributed by atoms with E-state index < -0.39 is 0 Å². The van der Waals surface area contributed by atoms with Crippen LogP contribution in [0, 0.1) is 11.8 Å². The van der Waals surface area contributed by atoms with Crippen LogP contribution in [0.25, 0.3) is 0 Å². The molecule has 0 aromatic carbocycles. The first kappa shape index (κ1) is 26.2. The third-order valence-electron chi connectivity index (χ3n) is 5.42. The molecule has 0 bridgehead atoms. The maximum absolute atomic E-state index is 12.5. The van der Waals surface area contributed by atoms with Gasteiger partial charge in [0.25, 0.3) is 0 Å². The Morgan fingerprint density at radius 2 is 1.93 bits per heavy atom. The topological polar surface area (TPSA) is 74.5 Å². The number of nitrogens with two attached hydrogens (primary N) is 1. The Bertz CT molecular complexity index is 570. The Kier molecular flexibility index (Phi) is 12.3. The van der Waals surface area contributed by atoms with E-state index in [1.807, 2.05) is 12.3 Å². The fraction of sp³-hybridized carbons (Fsp3) is 0.667. The lowest BCUT2D eigenvalue weighted by Crippen LogP contribution is -2.45. The van der Waals surface area contributed by atoms with Crippen LogP contribution >= 0.6 is 37.2 Å². The molecule has 3 N–H and O–H groups in total. The highest BCUT2D eigenvalue weighted by atomic mass is 35.5. The second-order valence-electron chi connectivity index (χ2n) is 7.03. The normalized spacial score (nSPS) is 22.2. The number of hydrogen-bond acceptors (Lipinski definition) is 5. The van der Waals surface area contributed by atoms with Gasteiger partial charge in [0.15, 0.2) is 0 Å². The first-order valence-corrected chi connectivity index (χ1v) is 9.04. The molecule has 1 aliphatic carbocycles. The third kappa shape index (κ3) is 6.64. The first-order valence-electron chi connectivity index (χ1n) is 9.04. The zero-order valence-electron chi connectivity index (χ0n) is 15.8. The van der Waals surface area contributed by atoms with Crippen molar-refractivity contribution in [1.29, 1.82) is 0 Å². The largest absolute Gasteiger partial charge is 0.354 e. The summed E-state index contributed by atoms with van der Waals surface area (Å²) in [7, 11) is 2.15. The highest BCUT2D eigenvalue weighted by Gasteiger charge is 2.31. The molecule has 6 nitrogen and oxygen atoms in total. The summed E-state index contributed by atoms with van der Waals surface area (Å²) in [5.74, 6) is 1.58. The van der Waals surface area contributed by atoms with Crippen LogP contribution in [0.2, 0.25) is 0 Å². The second kappa shape index (κ2) is 12.6. The fourth-order valence-electron chi connectivity index (χ4n) is 3.85. The van der Waals surface area contributed by atoms with Gasteiger partial charge in [0.05, 0.1) is 0 Å². The summed E-state index contributed by atoms with van der Waals surface area (Å²) in [6.45, 7) is 5.20. The zero-order valence-corrected chi connectivity index (χ0v) is 18.3. The van der Waals surface area contributed by atoms with Gasteiger partial charge in [0.1, 0.15) is 5.82 Å². The van der Waals surface area contributed by atoms with Gasteiger partial charge in [-0.3, -0.25) is 4.79 Å². The van der Waals surface area contributed by atoms with Crippen LogP contribution in [-0.2, 0) is 11.3 Å². The summed E-state index contributed by atoms with van der Waals surface area (Å²) in [4.78, 5) is 21.7. The Labute approximate surface area is 180 Å². The lowest BCUT2D eigenvalue weighted by Gasteiger charge is -2.34. The number of anilines is 1. The van der Waals surface area contributed by atoms with Crippen molar-refractivity contribution in [1.82, 2.24) is 15.2 Å². The van der Waals surface area contributed by atoms with Gasteiger partial charge in [0.2, 0.25) is 5.91 Å². The average molecular weight is 441 g/mol. The Balaban J connectivity index is 0.00000225. The van der Waals surface area contributed by atoms with E-state index in [-0.39, 0.29) is 49.0 Å². The minimum absolute atomic E-state index is 0. The number of nitrogens with one attached hydrogen (secondary N) is 1. The molecule has 1 saturated carbocycles. The molecule has 1 aromatic rings. The maximum atomic E-state index is 12.5. The summed E-state index contributed by atoms with van der Waals surface area (Å²) < 4.78 is 0. The molecule has 1 aliphatic heterocycles. The van der Waals surface area contributed by atoms with Gasteiger partial charge in [-0.15, -0.1) is 37.2 Å². The highest BCUT2D eigenvalue weighted by molar-refractivity contribution is 5.86. The average Bonchev–Trinajstić information content (AvgIpc) is 3.09. The minimum Gasteiger partial charge on any atom is -0.354 e. The van der Waals surface area contributed by atoms with E-state index in [4.69, 9.17) is 5.73 Å². The molecular weight excluding hydrogens is 409 g/mol. The van der Waals surface area contributed by atoms with E-state index in [2.05, 4.69) is 33.2 Å². The monoisotopic (exact) mass is 439 g/mol. The van der Waals surface area contributed by atoms with Gasteiger partial charge in [-0.05, 0) is 38.4 Å². The number of carbonyl (C=O) groups is 1. The molecule has 2 fully saturated rings. The summed E-state index contributed by atoms with van der Waals surface area (Å²) in [5.41, 5.74) is 6.90. The predicted molar refractivity (Wildman–Crippen MR) is 117 cm³/mol. The van der Waals surface area contributed by atoms with E-state index in [0.717, 1.165) is 56.8 Å². The zero-order chi connectivity index (χ0) is 16.9. The number of piperazine rings is 1. The van der Waals surface area contributed by atoms with E-state index in [9.17, 15) is 4.79 Å². The lowest BCUT2D eigenvalue weighted by atomic mass is 9.95. The van der Waals surface area contributed by atoms with Crippen molar-refractivity contribution in [2.75, 3.05) is 44.7 Å². The number of pyridine rings is 1. The van der Waals surface area contributed by atoms with Crippen molar-refractivity contribution in [3.8, 4) is 0 Å². The molecular formula is C18H32Cl3N5O. The van der Waals surface area contributed by atoms with Crippen LogP contribution in [-0.4, -0.2) is 55.6 Å². The third-order valence-corrected chi connectivity index (χ3v) is 5.42. The van der Waals surface area contributed by atoms with Crippen molar-refractivity contribution in [2.24, 2.45) is 17.6 Å². The van der Waals surface area contributed by atoms with E-state index in [0.29, 0.717) is 19.0 Å². The standard InChI is InChI=1S/C18H29N5O.3ClH/c1-22-8-10-23(11-9-22)17-15(5-3-7-20-17)13-21-18(24)16-6-2-4-14(16)12-19;;;/h3,5,7,14,16H,2,4,6,8-13,19H2,1H3,(H,21,24);3*1H/t14-,16-;;;/m1.../s1. The molecule has 0 unspecified atom stereocenters. The van der Waals surface area contributed by atoms with Gasteiger partial charge in [0, 0.05) is 50.4 Å². The van der Waals surface area contributed by atoms with E-state index in [1.165, 1.54) is 0 Å². The number of carbonyl (C=O) groups excluding carboxylic acids is 1. The van der Waals surface area contributed by atoms with Crippen molar-refractivity contribution in [3.63, 3.8) is 0 Å².